The fraction of sp³-hybridized carbons (Fsp3) is 0.714. The summed E-state index contributed by atoms with van der Waals surface area (Å²) >= 11 is 0. The number of amides is 1. The van der Waals surface area contributed by atoms with Gasteiger partial charge in [0, 0.05) is 13.5 Å². The summed E-state index contributed by atoms with van der Waals surface area (Å²) in [4.78, 5) is 20.6. The number of carboxylic acid groups (broad SMARTS) is 1. The summed E-state index contributed by atoms with van der Waals surface area (Å²) in [5.74, 6) is -1.11. The number of carboxylic acids is 1. The summed E-state index contributed by atoms with van der Waals surface area (Å²) in [5.41, 5.74) is 5.22. The van der Waals surface area contributed by atoms with Gasteiger partial charge in [0.2, 0.25) is 5.91 Å². The largest absolute Gasteiger partial charge is 0.480 e. The summed E-state index contributed by atoms with van der Waals surface area (Å²) in [6, 6.07) is -0.821. The fourth-order valence-corrected chi connectivity index (χ4v) is 0.710. The zero-order valence-electron chi connectivity index (χ0n) is 7.04. The molecule has 5 heteroatoms. The van der Waals surface area contributed by atoms with Crippen LogP contribution in [0, 0.1) is 0 Å². The van der Waals surface area contributed by atoms with Gasteiger partial charge in [-0.1, -0.05) is 0 Å². The Morgan fingerprint density at radius 3 is 2.58 bits per heavy atom. The Bertz CT molecular complexity index is 170. The van der Waals surface area contributed by atoms with Crippen molar-refractivity contribution in [3.8, 4) is 0 Å². The van der Waals surface area contributed by atoms with Crippen molar-refractivity contribution in [1.29, 1.82) is 0 Å². The van der Waals surface area contributed by atoms with E-state index in [9.17, 15) is 9.59 Å². The molecule has 5 nitrogen and oxygen atoms in total. The van der Waals surface area contributed by atoms with Gasteiger partial charge in [-0.15, -0.1) is 0 Å². The lowest BCUT2D eigenvalue weighted by Crippen LogP contribution is -2.31. The number of nitrogens with two attached hydrogens (primary N) is 1. The van der Waals surface area contributed by atoms with E-state index in [0.717, 1.165) is 0 Å². The van der Waals surface area contributed by atoms with Crippen molar-refractivity contribution in [2.75, 3.05) is 6.54 Å². The zero-order valence-corrected chi connectivity index (χ0v) is 7.04. The Kier molecular flexibility index (Phi) is 5.03. The van der Waals surface area contributed by atoms with E-state index < -0.39 is 12.0 Å². The second-order valence-electron chi connectivity index (χ2n) is 2.57. The molecule has 0 saturated heterocycles. The van der Waals surface area contributed by atoms with Gasteiger partial charge in [-0.05, 0) is 12.8 Å². The van der Waals surface area contributed by atoms with E-state index in [4.69, 9.17) is 10.8 Å². The summed E-state index contributed by atoms with van der Waals surface area (Å²) in [5, 5.41) is 10.9. The summed E-state index contributed by atoms with van der Waals surface area (Å²) in [6.07, 6.45) is 0.975. The maximum atomic E-state index is 10.4. The number of hydrogen-bond acceptors (Lipinski definition) is 3. The topological polar surface area (TPSA) is 92.4 Å². The average molecular weight is 174 g/mol. The first-order valence-corrected chi connectivity index (χ1v) is 3.77. The van der Waals surface area contributed by atoms with E-state index >= 15 is 0 Å². The minimum Gasteiger partial charge on any atom is -0.480 e. The molecule has 0 radical (unpaired) electrons. The molecule has 0 spiro atoms. The van der Waals surface area contributed by atoms with E-state index in [1.54, 1.807) is 0 Å². The van der Waals surface area contributed by atoms with Gasteiger partial charge in [-0.25, -0.2) is 0 Å². The molecule has 1 atom stereocenters. The van der Waals surface area contributed by atoms with Crippen LogP contribution >= 0.6 is 0 Å². The molecular weight excluding hydrogens is 160 g/mol. The monoisotopic (exact) mass is 174 g/mol. The number of hydrogen-bond donors (Lipinski definition) is 3. The first-order chi connectivity index (χ1) is 5.54. The number of carbonyl (C=O) groups is 2. The first-order valence-electron chi connectivity index (χ1n) is 3.77. The van der Waals surface area contributed by atoms with Crippen LogP contribution in [0.3, 0.4) is 0 Å². The predicted molar refractivity (Wildman–Crippen MR) is 43.5 cm³/mol. The maximum Gasteiger partial charge on any atom is 0.320 e. The average Bonchev–Trinajstić information content (AvgIpc) is 1.97. The molecule has 12 heavy (non-hydrogen) atoms. The van der Waals surface area contributed by atoms with Crippen LogP contribution < -0.4 is 11.1 Å². The highest BCUT2D eigenvalue weighted by molar-refractivity contribution is 5.73. The summed E-state index contributed by atoms with van der Waals surface area (Å²) in [6.45, 7) is 1.90. The third-order valence-electron chi connectivity index (χ3n) is 1.38. The number of aliphatic carboxylic acids is 1. The van der Waals surface area contributed by atoms with Crippen molar-refractivity contribution in [2.24, 2.45) is 5.73 Å². The molecule has 0 aromatic heterocycles. The minimum atomic E-state index is -1.00. The molecule has 1 amide bonds. The third kappa shape index (κ3) is 5.67. The minimum absolute atomic E-state index is 0.112. The molecular formula is C7H14N2O3. The van der Waals surface area contributed by atoms with Crippen LogP contribution in [-0.2, 0) is 9.59 Å². The lowest BCUT2D eigenvalue weighted by Gasteiger charge is -2.05. The van der Waals surface area contributed by atoms with Crippen molar-refractivity contribution in [1.82, 2.24) is 5.32 Å². The molecule has 0 aliphatic carbocycles. The predicted octanol–water partition coefficient (Wildman–Crippen LogP) is -0.685. The normalized spacial score (nSPS) is 12.2. The van der Waals surface area contributed by atoms with Crippen LogP contribution in [0.25, 0.3) is 0 Å². The Hall–Kier alpha value is -1.10. The molecule has 0 bridgehead atoms. The van der Waals surface area contributed by atoms with Gasteiger partial charge in [0.05, 0.1) is 0 Å². The molecule has 0 saturated carbocycles. The van der Waals surface area contributed by atoms with Crippen molar-refractivity contribution >= 4 is 11.9 Å². The number of nitrogens with one attached hydrogen (secondary N) is 1. The van der Waals surface area contributed by atoms with E-state index in [0.29, 0.717) is 19.4 Å². The summed E-state index contributed by atoms with van der Waals surface area (Å²) < 4.78 is 0. The lowest BCUT2D eigenvalue weighted by molar-refractivity contribution is -0.138. The molecule has 0 fully saturated rings. The Labute approximate surface area is 70.9 Å². The van der Waals surface area contributed by atoms with Gasteiger partial charge in [-0.2, -0.15) is 0 Å². The molecule has 0 rings (SSSR count). The van der Waals surface area contributed by atoms with Crippen molar-refractivity contribution < 1.29 is 14.7 Å². The van der Waals surface area contributed by atoms with Gasteiger partial charge in [0.15, 0.2) is 0 Å². The maximum absolute atomic E-state index is 10.4. The van der Waals surface area contributed by atoms with E-state index in [1.165, 1.54) is 6.92 Å². The first kappa shape index (κ1) is 10.9. The van der Waals surface area contributed by atoms with E-state index in [1.807, 2.05) is 0 Å². The molecule has 0 unspecified atom stereocenters. The van der Waals surface area contributed by atoms with Gasteiger partial charge < -0.3 is 16.2 Å². The van der Waals surface area contributed by atoms with Crippen LogP contribution in [0.1, 0.15) is 19.8 Å². The van der Waals surface area contributed by atoms with Crippen LogP contribution in [-0.4, -0.2) is 29.6 Å². The van der Waals surface area contributed by atoms with E-state index in [-0.39, 0.29) is 5.91 Å². The van der Waals surface area contributed by atoms with Crippen LogP contribution in [0.2, 0.25) is 0 Å². The Morgan fingerprint density at radius 2 is 2.17 bits per heavy atom. The number of carbonyl (C=O) groups excluding carboxylic acids is 1. The molecule has 4 N–H and O–H groups in total. The number of rotatable bonds is 5. The Morgan fingerprint density at radius 1 is 1.58 bits per heavy atom. The van der Waals surface area contributed by atoms with Crippen molar-refractivity contribution in [2.45, 2.75) is 25.8 Å². The highest BCUT2D eigenvalue weighted by Crippen LogP contribution is 1.92. The highest BCUT2D eigenvalue weighted by Gasteiger charge is 2.09. The SMILES string of the molecule is CC(=O)NCCC[C@H](N)C(=O)O. The van der Waals surface area contributed by atoms with Crippen LogP contribution in [0.5, 0.6) is 0 Å². The quantitative estimate of drug-likeness (QED) is 0.481. The smallest absolute Gasteiger partial charge is 0.320 e. The van der Waals surface area contributed by atoms with Gasteiger partial charge in [-0.3, -0.25) is 9.59 Å². The standard InChI is InChI=1S/C7H14N2O3/c1-5(10)9-4-2-3-6(8)7(11)12/h6H,2-4,8H2,1H3,(H,9,10)(H,11,12)/t6-/m0/s1. The van der Waals surface area contributed by atoms with Gasteiger partial charge in [0.1, 0.15) is 6.04 Å². The second kappa shape index (κ2) is 5.54. The summed E-state index contributed by atoms with van der Waals surface area (Å²) in [7, 11) is 0. The van der Waals surface area contributed by atoms with Gasteiger partial charge >= 0.3 is 5.97 Å². The van der Waals surface area contributed by atoms with Gasteiger partial charge in [0.25, 0.3) is 0 Å². The molecule has 70 valence electrons. The van der Waals surface area contributed by atoms with Crippen molar-refractivity contribution in [3.05, 3.63) is 0 Å². The lowest BCUT2D eigenvalue weighted by atomic mass is 10.2. The molecule has 0 aliphatic rings. The highest BCUT2D eigenvalue weighted by atomic mass is 16.4. The molecule has 0 aromatic carbocycles. The third-order valence-corrected chi connectivity index (χ3v) is 1.38. The van der Waals surface area contributed by atoms with E-state index in [2.05, 4.69) is 5.32 Å². The molecule has 0 aromatic rings. The second-order valence-corrected chi connectivity index (χ2v) is 2.57. The Balaban J connectivity index is 3.31. The van der Waals surface area contributed by atoms with Crippen molar-refractivity contribution in [3.63, 3.8) is 0 Å². The molecule has 0 aliphatic heterocycles. The van der Waals surface area contributed by atoms with Crippen LogP contribution in [0.4, 0.5) is 0 Å². The van der Waals surface area contributed by atoms with Crippen LogP contribution in [0.15, 0.2) is 0 Å². The molecule has 0 heterocycles. The fourth-order valence-electron chi connectivity index (χ4n) is 0.710. The zero-order chi connectivity index (χ0) is 9.56.